The minimum Gasteiger partial charge on any atom is -0.439 e. The van der Waals surface area contributed by atoms with E-state index < -0.39 is 34.5 Å². The van der Waals surface area contributed by atoms with Gasteiger partial charge in [-0.2, -0.15) is 0 Å². The number of unbranched alkanes of at least 4 members (excludes halogenated alkanes) is 5. The molecule has 23 heavy (non-hydrogen) atoms. The van der Waals surface area contributed by atoms with Gasteiger partial charge in [0.05, 0.1) is 0 Å². The zero-order valence-corrected chi connectivity index (χ0v) is 21.4. The molecule has 0 saturated carbocycles. The Bertz CT molecular complexity index is 317. The largest absolute Gasteiger partial charge is 0.439 e. The van der Waals surface area contributed by atoms with E-state index in [1.807, 2.05) is 0 Å². The summed E-state index contributed by atoms with van der Waals surface area (Å²) in [5.41, 5.74) is 0. The van der Waals surface area contributed by atoms with Crippen molar-refractivity contribution in [2.75, 3.05) is 0 Å². The number of hydrogen-bond acceptors (Lipinski definition) is 3. The van der Waals surface area contributed by atoms with Crippen LogP contribution in [0.5, 0.6) is 0 Å². The summed E-state index contributed by atoms with van der Waals surface area (Å²) in [4.78, 5) is 0. The number of hydrogen-bond donors (Lipinski definition) is 0. The lowest BCUT2D eigenvalue weighted by Gasteiger charge is -2.36. The zero-order valence-electron chi connectivity index (χ0n) is 17.3. The second-order valence-corrected chi connectivity index (χ2v) is 23.6. The van der Waals surface area contributed by atoms with E-state index in [-0.39, 0.29) is 0 Å². The van der Waals surface area contributed by atoms with Crippen LogP contribution in [-0.2, 0) is 12.3 Å². The Kier molecular flexibility index (Phi) is 11.0. The summed E-state index contributed by atoms with van der Waals surface area (Å²) in [5.74, 6) is 0. The molecule has 140 valence electrons. The maximum Gasteiger partial charge on any atom is 0.312 e. The van der Waals surface area contributed by atoms with E-state index in [9.17, 15) is 0 Å². The van der Waals surface area contributed by atoms with Gasteiger partial charge in [-0.05, 0) is 58.4 Å². The van der Waals surface area contributed by atoms with Gasteiger partial charge in [0.1, 0.15) is 0 Å². The van der Waals surface area contributed by atoms with Crippen molar-refractivity contribution in [1.82, 2.24) is 0 Å². The van der Waals surface area contributed by atoms with E-state index in [0.29, 0.717) is 0 Å². The molecule has 0 N–H and O–H groups in total. The molecule has 7 heteroatoms. The first-order chi connectivity index (χ1) is 10.4. The van der Waals surface area contributed by atoms with Crippen molar-refractivity contribution in [1.29, 1.82) is 0 Å². The van der Waals surface area contributed by atoms with Gasteiger partial charge in [-0.3, -0.25) is 0 Å². The van der Waals surface area contributed by atoms with Gasteiger partial charge >= 0.3 is 8.56 Å². The van der Waals surface area contributed by atoms with Crippen LogP contribution in [0.4, 0.5) is 0 Å². The summed E-state index contributed by atoms with van der Waals surface area (Å²) in [5, 5.41) is 0. The van der Waals surface area contributed by atoms with Crippen molar-refractivity contribution in [3.05, 3.63) is 0 Å². The zero-order chi connectivity index (χ0) is 18.1. The van der Waals surface area contributed by atoms with Gasteiger partial charge in [0.2, 0.25) is 0 Å². The molecule has 0 radical (unpaired) electrons. The Morgan fingerprint density at radius 3 is 1.78 bits per heavy atom. The average Bonchev–Trinajstić information content (AvgIpc) is 2.28. The second kappa shape index (κ2) is 10.7. The molecule has 0 fully saturated rings. The molecule has 0 aromatic heterocycles. The Morgan fingerprint density at radius 2 is 1.26 bits per heavy atom. The normalized spacial score (nSPS) is 15.0. The molecule has 0 aliphatic carbocycles. The van der Waals surface area contributed by atoms with Crippen LogP contribution in [0.1, 0.15) is 45.4 Å². The minimum atomic E-state index is -2.06. The van der Waals surface area contributed by atoms with Crippen molar-refractivity contribution in [2.45, 2.75) is 104 Å². The van der Waals surface area contributed by atoms with E-state index in [1.54, 1.807) is 0 Å². The summed E-state index contributed by atoms with van der Waals surface area (Å²) < 4.78 is 19.0. The molecule has 3 nitrogen and oxygen atoms in total. The molecule has 0 aliphatic heterocycles. The number of rotatable bonds is 13. The predicted molar refractivity (Wildman–Crippen MR) is 113 cm³/mol. The molecule has 1 atom stereocenters. The van der Waals surface area contributed by atoms with Gasteiger partial charge in [-0.25, -0.2) is 0 Å². The second-order valence-electron chi connectivity index (χ2n) is 8.70. The van der Waals surface area contributed by atoms with Crippen molar-refractivity contribution in [3.8, 4) is 0 Å². The highest BCUT2D eigenvalue weighted by Gasteiger charge is 2.36. The Hall–Kier alpha value is 0.748. The van der Waals surface area contributed by atoms with E-state index in [0.717, 1.165) is 0 Å². The molecule has 0 spiro atoms. The van der Waals surface area contributed by atoms with Gasteiger partial charge in [-0.1, -0.05) is 45.4 Å². The van der Waals surface area contributed by atoms with Crippen LogP contribution in [-0.4, -0.2) is 34.5 Å². The van der Waals surface area contributed by atoms with Crippen LogP contribution in [0.3, 0.4) is 0 Å². The summed E-state index contributed by atoms with van der Waals surface area (Å²) in [6, 6.07) is 1.25. The van der Waals surface area contributed by atoms with Crippen LogP contribution in [0.15, 0.2) is 0 Å². The van der Waals surface area contributed by atoms with Crippen LogP contribution < -0.4 is 0 Å². The Balaban J connectivity index is 4.18. The van der Waals surface area contributed by atoms with Gasteiger partial charge in [-0.15, -0.1) is 0 Å². The summed E-state index contributed by atoms with van der Waals surface area (Å²) >= 11 is 0. The van der Waals surface area contributed by atoms with E-state index in [2.05, 4.69) is 59.3 Å². The molecule has 1 unspecified atom stereocenters. The monoisotopic (exact) mass is 394 g/mol. The first-order valence-corrected chi connectivity index (χ1v) is 20.9. The van der Waals surface area contributed by atoms with Crippen LogP contribution in [0.25, 0.3) is 0 Å². The van der Waals surface area contributed by atoms with Gasteiger partial charge < -0.3 is 12.3 Å². The molecular formula is C16H42O3Si4. The molecule has 0 saturated heterocycles. The standard InChI is InChI=1S/C16H42O3Si4/c1-10-11-12-13-14-15-16-22(6,7)19-23(8,9)18-20(2)17-21(3,4)5/h20H,10-16H2,1-9H3. The maximum absolute atomic E-state index is 6.56. The lowest BCUT2D eigenvalue weighted by Crippen LogP contribution is -2.50. The van der Waals surface area contributed by atoms with Crippen LogP contribution in [0, 0.1) is 0 Å². The van der Waals surface area contributed by atoms with Gasteiger partial charge in [0.15, 0.2) is 16.6 Å². The molecule has 0 amide bonds. The summed E-state index contributed by atoms with van der Waals surface area (Å²) in [6.45, 7) is 20.2. The van der Waals surface area contributed by atoms with E-state index in [4.69, 9.17) is 12.3 Å². The Labute approximate surface area is 150 Å². The van der Waals surface area contributed by atoms with Crippen molar-refractivity contribution in [3.63, 3.8) is 0 Å². The molecular weight excluding hydrogens is 353 g/mol. The van der Waals surface area contributed by atoms with Crippen LogP contribution in [0.2, 0.25) is 58.4 Å². The Morgan fingerprint density at radius 1 is 0.739 bits per heavy atom. The molecule has 0 rings (SSSR count). The predicted octanol–water partition coefficient (Wildman–Crippen LogP) is 5.99. The third-order valence-electron chi connectivity index (χ3n) is 3.62. The third-order valence-corrected chi connectivity index (χ3v) is 17.1. The van der Waals surface area contributed by atoms with E-state index >= 15 is 0 Å². The highest BCUT2D eigenvalue weighted by Crippen LogP contribution is 2.23. The fourth-order valence-corrected chi connectivity index (χ4v) is 18.3. The molecule has 0 bridgehead atoms. The maximum atomic E-state index is 6.56. The minimum absolute atomic E-state index is 1.25. The third kappa shape index (κ3) is 14.8. The lowest BCUT2D eigenvalue weighted by molar-refractivity contribution is 0.349. The SMILES string of the molecule is CCCCCCCC[Si](C)(C)O[Si](C)(C)O[SiH](C)O[Si](C)(C)C. The lowest BCUT2D eigenvalue weighted by atomic mass is 10.1. The highest BCUT2D eigenvalue weighted by atomic mass is 28.5. The summed E-state index contributed by atoms with van der Waals surface area (Å²) in [6.07, 6.45) is 8.13. The molecule has 0 aliphatic rings. The van der Waals surface area contributed by atoms with Gasteiger partial charge in [0.25, 0.3) is 9.28 Å². The highest BCUT2D eigenvalue weighted by molar-refractivity contribution is 6.85. The first-order valence-electron chi connectivity index (χ1n) is 9.43. The topological polar surface area (TPSA) is 27.7 Å². The smallest absolute Gasteiger partial charge is 0.312 e. The average molecular weight is 395 g/mol. The fraction of sp³-hybridized carbons (Fsp3) is 1.00. The van der Waals surface area contributed by atoms with E-state index in [1.165, 1.54) is 44.6 Å². The molecule has 0 heterocycles. The van der Waals surface area contributed by atoms with Gasteiger partial charge in [0, 0.05) is 0 Å². The molecule has 0 aromatic rings. The summed E-state index contributed by atoms with van der Waals surface area (Å²) in [7, 11) is -6.75. The van der Waals surface area contributed by atoms with Crippen molar-refractivity contribution in [2.24, 2.45) is 0 Å². The molecule has 0 aromatic carbocycles. The fourth-order valence-electron chi connectivity index (χ4n) is 2.99. The van der Waals surface area contributed by atoms with Crippen molar-refractivity contribution >= 4 is 34.5 Å². The van der Waals surface area contributed by atoms with Crippen LogP contribution >= 0.6 is 0 Å². The first kappa shape index (κ1) is 23.7. The van der Waals surface area contributed by atoms with Crippen molar-refractivity contribution < 1.29 is 12.3 Å². The quantitative estimate of drug-likeness (QED) is 0.283.